The van der Waals surface area contributed by atoms with Crippen molar-refractivity contribution in [3.05, 3.63) is 71.5 Å². The van der Waals surface area contributed by atoms with Gasteiger partial charge in [0.1, 0.15) is 6.67 Å². The first kappa shape index (κ1) is 23.1. The van der Waals surface area contributed by atoms with E-state index in [1.165, 1.54) is 33.1 Å². The Balaban J connectivity index is 0.000000176. The summed E-state index contributed by atoms with van der Waals surface area (Å²) >= 11 is 0. The Morgan fingerprint density at radius 1 is 0.774 bits per heavy atom. The molecular weight excluding hydrogens is 383 g/mol. The van der Waals surface area contributed by atoms with Gasteiger partial charge in [0.2, 0.25) is 0 Å². The average molecular weight is 421 g/mol. The lowest BCUT2D eigenvalue weighted by atomic mass is 9.85. The number of halogens is 1. The van der Waals surface area contributed by atoms with Crippen LogP contribution in [0.1, 0.15) is 58.4 Å². The number of rotatable bonds is 2. The van der Waals surface area contributed by atoms with E-state index >= 15 is 0 Å². The molecule has 2 nitrogen and oxygen atoms in total. The highest BCUT2D eigenvalue weighted by molar-refractivity contribution is 5.86. The number of nitrogens with zero attached hydrogens (tertiary/aromatic N) is 2. The van der Waals surface area contributed by atoms with Gasteiger partial charge in [-0.25, -0.2) is 4.39 Å². The van der Waals surface area contributed by atoms with E-state index in [0.29, 0.717) is 6.54 Å². The zero-order valence-corrected chi connectivity index (χ0v) is 20.4. The van der Waals surface area contributed by atoms with Gasteiger partial charge >= 0.3 is 0 Å². The Kier molecular flexibility index (Phi) is 6.36. The number of aromatic nitrogens is 2. The molecule has 2 heterocycles. The van der Waals surface area contributed by atoms with Crippen molar-refractivity contribution in [2.75, 3.05) is 6.67 Å². The fourth-order valence-electron chi connectivity index (χ4n) is 4.59. The monoisotopic (exact) mass is 420 g/mol. The minimum absolute atomic E-state index is 0.0984. The first-order chi connectivity index (χ1) is 14.5. The van der Waals surface area contributed by atoms with Gasteiger partial charge in [0.15, 0.2) is 0 Å². The van der Waals surface area contributed by atoms with Crippen molar-refractivity contribution < 1.29 is 4.39 Å². The average Bonchev–Trinajstić information content (AvgIpc) is 3.19. The van der Waals surface area contributed by atoms with Crippen molar-refractivity contribution in [2.24, 2.45) is 7.05 Å². The van der Waals surface area contributed by atoms with Crippen LogP contribution in [0.3, 0.4) is 0 Å². The van der Waals surface area contributed by atoms with Gasteiger partial charge in [0, 0.05) is 40.7 Å². The zero-order valence-electron chi connectivity index (χ0n) is 20.4. The molecular formula is C28H37FN2. The van der Waals surface area contributed by atoms with Crippen LogP contribution >= 0.6 is 0 Å². The van der Waals surface area contributed by atoms with Gasteiger partial charge in [0.05, 0.1) is 6.54 Å². The topological polar surface area (TPSA) is 9.86 Å². The second kappa shape index (κ2) is 8.53. The fraction of sp³-hybridized carbons (Fsp3) is 0.429. The van der Waals surface area contributed by atoms with Crippen LogP contribution in [0, 0.1) is 6.92 Å². The normalized spacial score (nSPS) is 12.3. The summed E-state index contributed by atoms with van der Waals surface area (Å²) in [5.74, 6) is 0. The lowest BCUT2D eigenvalue weighted by Gasteiger charge is -2.19. The number of fused-ring (bicyclic) bond motifs is 2. The van der Waals surface area contributed by atoms with Gasteiger partial charge in [-0.05, 0) is 41.0 Å². The Morgan fingerprint density at radius 2 is 1.32 bits per heavy atom. The van der Waals surface area contributed by atoms with Crippen LogP contribution in [0.4, 0.5) is 4.39 Å². The van der Waals surface area contributed by atoms with E-state index in [9.17, 15) is 4.39 Å². The van der Waals surface area contributed by atoms with Crippen LogP contribution in [0.15, 0.2) is 54.7 Å². The molecule has 3 heteroatoms. The summed E-state index contributed by atoms with van der Waals surface area (Å²) in [7, 11) is 2.15. The van der Waals surface area contributed by atoms with E-state index in [1.807, 2.05) is 16.7 Å². The van der Waals surface area contributed by atoms with E-state index in [-0.39, 0.29) is 17.5 Å². The molecule has 0 N–H and O–H groups in total. The molecule has 0 aliphatic heterocycles. The molecule has 0 saturated carbocycles. The van der Waals surface area contributed by atoms with Crippen molar-refractivity contribution in [3.8, 4) is 0 Å². The summed E-state index contributed by atoms with van der Waals surface area (Å²) in [5.41, 5.74) is 6.91. The van der Waals surface area contributed by atoms with Gasteiger partial charge in [-0.3, -0.25) is 0 Å². The van der Waals surface area contributed by atoms with E-state index in [1.54, 1.807) is 0 Å². The van der Waals surface area contributed by atoms with E-state index in [4.69, 9.17) is 0 Å². The number of aryl methyl sites for hydroxylation is 2. The summed E-state index contributed by atoms with van der Waals surface area (Å²) in [5, 5.41) is 2.63. The molecule has 0 aliphatic carbocycles. The van der Waals surface area contributed by atoms with Crippen molar-refractivity contribution in [3.63, 3.8) is 0 Å². The number of para-hydroxylation sites is 2. The number of benzene rings is 2. The SMILES string of the molecule is CC(C)(C)c1cn(CCF)c2ccccc12.Cc1c(C(C)(C)C)c2ccccc2n1C. The fourth-order valence-corrected chi connectivity index (χ4v) is 4.59. The molecule has 166 valence electrons. The van der Waals surface area contributed by atoms with Crippen LogP contribution in [-0.4, -0.2) is 15.8 Å². The molecule has 0 atom stereocenters. The number of alkyl halides is 1. The highest BCUT2D eigenvalue weighted by Gasteiger charge is 2.22. The molecule has 2 aromatic heterocycles. The Morgan fingerprint density at radius 3 is 1.87 bits per heavy atom. The van der Waals surface area contributed by atoms with Crippen molar-refractivity contribution in [1.82, 2.24) is 9.13 Å². The maximum absolute atomic E-state index is 12.5. The summed E-state index contributed by atoms with van der Waals surface area (Å²) in [6, 6.07) is 16.9. The Labute approximate surface area is 186 Å². The standard InChI is InChI=1S/C14H18FN.C14H19N/c1-14(2,3)12-10-16(9-8-15)13-7-5-4-6-11(12)13;1-10-13(14(2,3)4)11-8-6-7-9-12(11)15(10)5/h4-7,10H,8-9H2,1-3H3;6-9H,1-5H3. The molecule has 0 bridgehead atoms. The van der Waals surface area contributed by atoms with Crippen LogP contribution in [0.2, 0.25) is 0 Å². The number of hydrogen-bond acceptors (Lipinski definition) is 0. The van der Waals surface area contributed by atoms with Gasteiger partial charge in [-0.15, -0.1) is 0 Å². The molecule has 4 rings (SSSR count). The Bertz CT molecular complexity index is 1180. The quantitative estimate of drug-likeness (QED) is 0.314. The van der Waals surface area contributed by atoms with E-state index < -0.39 is 0 Å². The molecule has 31 heavy (non-hydrogen) atoms. The molecule has 0 fully saturated rings. The first-order valence-electron chi connectivity index (χ1n) is 11.2. The van der Waals surface area contributed by atoms with Gasteiger partial charge in [-0.2, -0.15) is 0 Å². The van der Waals surface area contributed by atoms with Gasteiger partial charge in [-0.1, -0.05) is 77.9 Å². The van der Waals surface area contributed by atoms with E-state index in [2.05, 4.69) is 103 Å². The molecule has 0 saturated heterocycles. The highest BCUT2D eigenvalue weighted by Crippen LogP contribution is 2.34. The third-order valence-electron chi connectivity index (χ3n) is 6.07. The molecule has 0 unspecified atom stereocenters. The lowest BCUT2D eigenvalue weighted by Crippen LogP contribution is -2.12. The van der Waals surface area contributed by atoms with Crippen molar-refractivity contribution in [2.45, 2.75) is 65.8 Å². The summed E-state index contributed by atoms with van der Waals surface area (Å²) in [6.07, 6.45) is 2.09. The first-order valence-corrected chi connectivity index (χ1v) is 11.2. The molecule has 0 amide bonds. The third kappa shape index (κ3) is 4.56. The second-order valence-electron chi connectivity index (χ2n) is 10.5. The van der Waals surface area contributed by atoms with Crippen LogP contribution in [0.25, 0.3) is 21.8 Å². The van der Waals surface area contributed by atoms with Crippen LogP contribution in [0.5, 0.6) is 0 Å². The zero-order chi connectivity index (χ0) is 23.0. The predicted octanol–water partition coefficient (Wildman–Crippen LogP) is 7.69. The predicted molar refractivity (Wildman–Crippen MR) is 133 cm³/mol. The third-order valence-corrected chi connectivity index (χ3v) is 6.07. The van der Waals surface area contributed by atoms with Crippen LogP contribution < -0.4 is 0 Å². The molecule has 2 aromatic carbocycles. The Hall–Kier alpha value is -2.55. The van der Waals surface area contributed by atoms with Crippen molar-refractivity contribution >= 4 is 21.8 Å². The van der Waals surface area contributed by atoms with Gasteiger partial charge in [0.25, 0.3) is 0 Å². The van der Waals surface area contributed by atoms with Crippen LogP contribution in [-0.2, 0) is 24.4 Å². The summed E-state index contributed by atoms with van der Waals surface area (Å²) in [6.45, 7) is 15.7. The number of hydrogen-bond donors (Lipinski definition) is 0. The highest BCUT2D eigenvalue weighted by atomic mass is 19.1. The van der Waals surface area contributed by atoms with Crippen molar-refractivity contribution in [1.29, 1.82) is 0 Å². The maximum atomic E-state index is 12.5. The molecule has 0 spiro atoms. The summed E-state index contributed by atoms with van der Waals surface area (Å²) < 4.78 is 16.8. The summed E-state index contributed by atoms with van der Waals surface area (Å²) in [4.78, 5) is 0. The van der Waals surface area contributed by atoms with Gasteiger partial charge < -0.3 is 9.13 Å². The molecule has 0 aliphatic rings. The second-order valence-corrected chi connectivity index (χ2v) is 10.5. The smallest absolute Gasteiger partial charge is 0.107 e. The minimum atomic E-state index is -0.317. The largest absolute Gasteiger partial charge is 0.348 e. The molecule has 4 aromatic rings. The van der Waals surface area contributed by atoms with E-state index in [0.717, 1.165) is 5.52 Å². The maximum Gasteiger partial charge on any atom is 0.107 e. The lowest BCUT2D eigenvalue weighted by molar-refractivity contribution is 0.449. The minimum Gasteiger partial charge on any atom is -0.348 e. The molecule has 0 radical (unpaired) electrons.